The third kappa shape index (κ3) is 5.24. The predicted molar refractivity (Wildman–Crippen MR) is 146 cm³/mol. The Morgan fingerprint density at radius 1 is 0.950 bits per heavy atom. The summed E-state index contributed by atoms with van der Waals surface area (Å²) >= 11 is 0. The van der Waals surface area contributed by atoms with E-state index in [9.17, 15) is 30.0 Å². The smallest absolute Gasteiger partial charge is 0.192 e. The molecule has 0 unspecified atom stereocenters. The molecule has 40 heavy (non-hydrogen) atoms. The number of Topliss-reactive ketones (excluding diaryl/α,β-unsaturated/α-hetero) is 1. The minimum Gasteiger partial charge on any atom is -0.390 e. The quantitative estimate of drug-likeness (QED) is 0.399. The molecule has 4 N–H and O–H groups in total. The van der Waals surface area contributed by atoms with Gasteiger partial charge in [-0.15, -0.1) is 0 Å². The van der Waals surface area contributed by atoms with Crippen molar-refractivity contribution in [2.45, 2.75) is 114 Å². The third-order valence-electron chi connectivity index (χ3n) is 11.0. The lowest BCUT2D eigenvalue weighted by atomic mass is 9.44. The zero-order chi connectivity index (χ0) is 29.2. The van der Waals surface area contributed by atoms with Crippen LogP contribution in [0.2, 0.25) is 0 Å². The number of halogens is 1. The Morgan fingerprint density at radius 2 is 1.52 bits per heavy atom. The molecular formula is C31H49FO8. The zero-order valence-electron chi connectivity index (χ0n) is 24.2. The number of aliphatic hydroxyl groups excluding tert-OH is 3. The summed E-state index contributed by atoms with van der Waals surface area (Å²) in [7, 11) is 0. The Bertz CT molecular complexity index is 913. The summed E-state index contributed by atoms with van der Waals surface area (Å²) in [4.78, 5) is 24.3. The van der Waals surface area contributed by atoms with Crippen LogP contribution >= 0.6 is 0 Å². The zero-order valence-corrected chi connectivity index (χ0v) is 24.2. The molecule has 4 aliphatic carbocycles. The molecule has 8 atom stereocenters. The van der Waals surface area contributed by atoms with E-state index < -0.39 is 58.5 Å². The minimum absolute atomic E-state index is 0.0242. The molecule has 2 saturated heterocycles. The van der Waals surface area contributed by atoms with Gasteiger partial charge < -0.3 is 29.9 Å². The molecule has 2 aliphatic heterocycles. The van der Waals surface area contributed by atoms with Crippen LogP contribution in [0, 0.1) is 22.7 Å². The first-order chi connectivity index (χ1) is 19.0. The van der Waals surface area contributed by atoms with E-state index in [1.807, 2.05) is 0 Å². The van der Waals surface area contributed by atoms with Crippen molar-refractivity contribution in [1.29, 1.82) is 0 Å². The van der Waals surface area contributed by atoms with E-state index in [2.05, 4.69) is 0 Å². The first kappa shape index (κ1) is 31.7. The van der Waals surface area contributed by atoms with Crippen LogP contribution in [0.3, 0.4) is 0 Å². The van der Waals surface area contributed by atoms with Crippen LogP contribution in [0.4, 0.5) is 4.39 Å². The Kier molecular flexibility index (Phi) is 9.95. The molecule has 0 aromatic rings. The number of carbonyl (C=O) groups excluding carboxylic acids is 2. The standard InChI is InChI=1S/C21H29FO6.2C5H10O/c1-18-6-5-12(24)7-11(18)3-4-13-14-8-15(25)21(28,17(27)10-23)19(14,2)9-16(26)20(13,18)22;2*1-2-4-6-5-3-1/h7,13-16,23,25-26,28H,3-6,8-10H2,1-2H3;2*1-5H2/t13-,14-,15+,16-,18-,19-,20-,21-;;/m0../s1. The first-order valence-corrected chi connectivity index (χ1v) is 15.3. The normalized spacial score (nSPS) is 44.4. The SMILES string of the molecule is C1CCOCC1.C1CCOCC1.C[C@]12CCC(=O)C=C1CC[C@H]1[C@@H]3C[C@@H](O)[C@](O)(C(=O)CO)[C@@]3(C)C[C@H](O)[C@@]12F. The maximum Gasteiger partial charge on any atom is 0.192 e. The van der Waals surface area contributed by atoms with E-state index in [0.29, 0.717) is 19.3 Å². The van der Waals surface area contributed by atoms with Gasteiger partial charge in [0.05, 0.1) is 12.2 Å². The van der Waals surface area contributed by atoms with Crippen LogP contribution in [-0.4, -0.2) is 88.5 Å². The molecular weight excluding hydrogens is 519 g/mol. The number of hydrogen-bond donors (Lipinski definition) is 4. The fourth-order valence-corrected chi connectivity index (χ4v) is 8.58. The van der Waals surface area contributed by atoms with Gasteiger partial charge >= 0.3 is 0 Å². The number of aliphatic hydroxyl groups is 4. The van der Waals surface area contributed by atoms with Crippen LogP contribution < -0.4 is 0 Å². The maximum atomic E-state index is 16.8. The molecule has 9 heteroatoms. The number of allylic oxidation sites excluding steroid dienone is 1. The van der Waals surface area contributed by atoms with Gasteiger partial charge in [-0.05, 0) is 82.6 Å². The van der Waals surface area contributed by atoms with E-state index in [-0.39, 0.29) is 25.0 Å². The van der Waals surface area contributed by atoms with Gasteiger partial charge in [0.2, 0.25) is 0 Å². The van der Waals surface area contributed by atoms with Crippen LogP contribution in [0.1, 0.15) is 90.9 Å². The molecule has 8 nitrogen and oxygen atoms in total. The monoisotopic (exact) mass is 568 g/mol. The summed E-state index contributed by atoms with van der Waals surface area (Å²) in [5.74, 6) is -2.10. The minimum atomic E-state index is -2.21. The predicted octanol–water partition coefficient (Wildman–Crippen LogP) is 3.22. The number of ketones is 2. The molecule has 5 fully saturated rings. The molecule has 0 radical (unpaired) electrons. The van der Waals surface area contributed by atoms with Crippen molar-refractivity contribution in [3.63, 3.8) is 0 Å². The van der Waals surface area contributed by atoms with Gasteiger partial charge in [-0.25, -0.2) is 4.39 Å². The summed E-state index contributed by atoms with van der Waals surface area (Å²) in [6.07, 6.45) is 7.78. The van der Waals surface area contributed by atoms with Crippen molar-refractivity contribution >= 4 is 11.6 Å². The van der Waals surface area contributed by atoms with Crippen LogP contribution in [0.5, 0.6) is 0 Å². The second-order valence-corrected chi connectivity index (χ2v) is 13.1. The van der Waals surface area contributed by atoms with Crippen LogP contribution in [0.25, 0.3) is 0 Å². The first-order valence-electron chi connectivity index (χ1n) is 15.3. The molecule has 0 aromatic carbocycles. The molecule has 2 heterocycles. The Morgan fingerprint density at radius 3 is 2.00 bits per heavy atom. The van der Waals surface area contributed by atoms with Gasteiger partial charge in [0.1, 0.15) is 12.3 Å². The number of ether oxygens (including phenoxy) is 2. The third-order valence-corrected chi connectivity index (χ3v) is 11.0. The molecule has 0 bridgehead atoms. The maximum absolute atomic E-state index is 16.8. The summed E-state index contributed by atoms with van der Waals surface area (Å²) in [6.45, 7) is 6.45. The summed E-state index contributed by atoms with van der Waals surface area (Å²) in [6, 6.07) is 0. The van der Waals surface area contributed by atoms with Gasteiger partial charge in [0.15, 0.2) is 17.2 Å². The molecule has 3 saturated carbocycles. The average Bonchev–Trinajstić information content (AvgIpc) is 3.17. The van der Waals surface area contributed by atoms with Gasteiger partial charge in [0.25, 0.3) is 0 Å². The van der Waals surface area contributed by atoms with Crippen molar-refractivity contribution < 1.29 is 43.9 Å². The largest absolute Gasteiger partial charge is 0.390 e. The average molecular weight is 569 g/mol. The van der Waals surface area contributed by atoms with Gasteiger partial charge in [-0.2, -0.15) is 0 Å². The number of carbonyl (C=O) groups is 2. The van der Waals surface area contributed by atoms with Crippen LogP contribution in [-0.2, 0) is 19.1 Å². The summed E-state index contributed by atoms with van der Waals surface area (Å²) < 4.78 is 27.0. The summed E-state index contributed by atoms with van der Waals surface area (Å²) in [5.41, 5.74) is -5.72. The summed E-state index contributed by atoms with van der Waals surface area (Å²) in [5, 5.41) is 42.2. The Hall–Kier alpha value is -1.23. The molecule has 0 amide bonds. The lowest BCUT2D eigenvalue weighted by molar-refractivity contribution is -0.230. The number of alkyl halides is 1. The highest BCUT2D eigenvalue weighted by molar-refractivity contribution is 5.92. The topological polar surface area (TPSA) is 134 Å². The van der Waals surface area contributed by atoms with Gasteiger partial charge in [-0.3, -0.25) is 9.59 Å². The second kappa shape index (κ2) is 12.6. The lowest BCUT2D eigenvalue weighted by Crippen LogP contribution is -2.70. The second-order valence-electron chi connectivity index (χ2n) is 13.1. The molecule has 6 aliphatic rings. The van der Waals surface area contributed by atoms with E-state index in [4.69, 9.17) is 9.47 Å². The highest BCUT2D eigenvalue weighted by Gasteiger charge is 2.76. The van der Waals surface area contributed by atoms with Crippen molar-refractivity contribution in [2.75, 3.05) is 33.0 Å². The molecule has 0 spiro atoms. The van der Waals surface area contributed by atoms with Gasteiger partial charge in [0, 0.05) is 49.6 Å². The number of rotatable bonds is 2. The highest BCUT2D eigenvalue weighted by atomic mass is 19.1. The van der Waals surface area contributed by atoms with E-state index >= 15 is 4.39 Å². The lowest BCUT2D eigenvalue weighted by Gasteiger charge is -2.63. The fraction of sp³-hybridized carbons (Fsp3) is 0.871. The fourth-order valence-electron chi connectivity index (χ4n) is 8.58. The van der Waals surface area contributed by atoms with E-state index in [1.54, 1.807) is 13.8 Å². The molecule has 228 valence electrons. The molecule has 6 rings (SSSR count). The number of hydrogen-bond acceptors (Lipinski definition) is 8. The molecule has 0 aromatic heterocycles. The van der Waals surface area contributed by atoms with Crippen molar-refractivity contribution in [3.8, 4) is 0 Å². The Balaban J connectivity index is 0.000000253. The van der Waals surface area contributed by atoms with E-state index in [1.165, 1.54) is 44.6 Å². The van der Waals surface area contributed by atoms with Crippen LogP contribution in [0.15, 0.2) is 11.6 Å². The van der Waals surface area contributed by atoms with Crippen molar-refractivity contribution in [3.05, 3.63) is 11.6 Å². The Labute approximate surface area is 237 Å². The number of fused-ring (bicyclic) bond motifs is 5. The highest BCUT2D eigenvalue weighted by Crippen LogP contribution is 2.70. The van der Waals surface area contributed by atoms with Crippen molar-refractivity contribution in [1.82, 2.24) is 0 Å². The van der Waals surface area contributed by atoms with Crippen molar-refractivity contribution in [2.24, 2.45) is 22.7 Å². The van der Waals surface area contributed by atoms with Gasteiger partial charge in [-0.1, -0.05) is 19.4 Å². The van der Waals surface area contributed by atoms with E-state index in [0.717, 1.165) is 32.0 Å².